The lowest BCUT2D eigenvalue weighted by atomic mass is 10.1. The lowest BCUT2D eigenvalue weighted by Gasteiger charge is -2.11. The molecule has 1 heterocycles. The van der Waals surface area contributed by atoms with Crippen LogP contribution in [0.2, 0.25) is 5.02 Å². The molecule has 0 amide bonds. The number of methoxy groups -OCH3 is 1. The monoisotopic (exact) mass is 356 g/mol. The maximum Gasteiger partial charge on any atom is 0.214 e. The molecule has 0 spiro atoms. The van der Waals surface area contributed by atoms with Crippen LogP contribution in [0.5, 0.6) is 5.75 Å². The van der Waals surface area contributed by atoms with Gasteiger partial charge >= 0.3 is 0 Å². The van der Waals surface area contributed by atoms with Gasteiger partial charge in [-0.1, -0.05) is 11.6 Å². The van der Waals surface area contributed by atoms with E-state index >= 15 is 0 Å². The summed E-state index contributed by atoms with van der Waals surface area (Å²) in [5.74, 6) is 0.320. The molecule has 0 fully saturated rings. The zero-order chi connectivity index (χ0) is 14.9. The fourth-order valence-corrected chi connectivity index (χ4v) is 2.37. The second-order valence-corrected chi connectivity index (χ2v) is 5.82. The summed E-state index contributed by atoms with van der Waals surface area (Å²) >= 11 is 9.27. The van der Waals surface area contributed by atoms with Gasteiger partial charge in [0.2, 0.25) is 5.78 Å². The second kappa shape index (κ2) is 5.97. The molecule has 0 radical (unpaired) electrons. The molecule has 4 nitrogen and oxygen atoms in total. The third kappa shape index (κ3) is 2.74. The molecular weight excluding hydrogens is 344 g/mol. The van der Waals surface area contributed by atoms with Crippen LogP contribution in [0.3, 0.4) is 0 Å². The molecular formula is C14H14BrClN2O2. The number of aromatic nitrogens is 2. The molecule has 0 aliphatic heterocycles. The molecule has 1 aromatic carbocycles. The number of carbonyl (C=O) groups is 1. The number of rotatable bonds is 4. The van der Waals surface area contributed by atoms with E-state index in [4.69, 9.17) is 16.3 Å². The molecule has 2 aromatic rings. The molecule has 0 unspecified atom stereocenters. The first-order chi connectivity index (χ1) is 9.45. The van der Waals surface area contributed by atoms with Gasteiger partial charge in [-0.25, -0.2) is 0 Å². The van der Waals surface area contributed by atoms with Crippen molar-refractivity contribution in [2.75, 3.05) is 7.11 Å². The Labute approximate surface area is 130 Å². The molecule has 0 N–H and O–H groups in total. The highest BCUT2D eigenvalue weighted by Gasteiger charge is 2.22. The summed E-state index contributed by atoms with van der Waals surface area (Å²) in [5, 5.41) is 4.77. The van der Waals surface area contributed by atoms with E-state index in [1.807, 2.05) is 13.8 Å². The minimum atomic E-state index is -0.148. The van der Waals surface area contributed by atoms with Gasteiger partial charge in [-0.2, -0.15) is 5.10 Å². The predicted molar refractivity (Wildman–Crippen MR) is 81.7 cm³/mol. The molecule has 0 saturated heterocycles. The number of hydrogen-bond donors (Lipinski definition) is 0. The highest BCUT2D eigenvalue weighted by atomic mass is 79.9. The fourth-order valence-electron chi connectivity index (χ4n) is 1.88. The standard InChI is InChI=1S/C14H14BrClN2O2/c1-8(2)18-13(12(20-3)7-17-18)14(19)9-4-5-11(16)10(15)6-9/h4-8H,1-3H3. The minimum absolute atomic E-state index is 0.0635. The molecule has 106 valence electrons. The Balaban J connectivity index is 2.52. The van der Waals surface area contributed by atoms with Gasteiger partial charge in [-0.05, 0) is 48.0 Å². The van der Waals surface area contributed by atoms with Crippen LogP contribution in [0.15, 0.2) is 28.9 Å². The highest BCUT2D eigenvalue weighted by Crippen LogP contribution is 2.28. The van der Waals surface area contributed by atoms with Crippen LogP contribution in [0, 0.1) is 0 Å². The SMILES string of the molecule is COc1cnn(C(C)C)c1C(=O)c1ccc(Cl)c(Br)c1. The van der Waals surface area contributed by atoms with Crippen LogP contribution >= 0.6 is 27.5 Å². The molecule has 0 aliphatic rings. The van der Waals surface area contributed by atoms with Crippen LogP contribution < -0.4 is 4.74 Å². The van der Waals surface area contributed by atoms with E-state index in [9.17, 15) is 4.79 Å². The smallest absolute Gasteiger partial charge is 0.214 e. The van der Waals surface area contributed by atoms with Gasteiger partial charge in [0.15, 0.2) is 11.4 Å². The van der Waals surface area contributed by atoms with Crippen LogP contribution in [0.1, 0.15) is 35.9 Å². The van der Waals surface area contributed by atoms with Crippen LogP contribution in [-0.4, -0.2) is 22.7 Å². The third-order valence-electron chi connectivity index (χ3n) is 2.87. The van der Waals surface area contributed by atoms with Gasteiger partial charge in [0.25, 0.3) is 0 Å². The zero-order valence-electron chi connectivity index (χ0n) is 11.4. The van der Waals surface area contributed by atoms with Crippen molar-refractivity contribution < 1.29 is 9.53 Å². The number of ketones is 1. The van der Waals surface area contributed by atoms with Gasteiger partial charge in [-0.3, -0.25) is 9.48 Å². The zero-order valence-corrected chi connectivity index (χ0v) is 13.7. The normalized spacial score (nSPS) is 10.9. The van der Waals surface area contributed by atoms with E-state index in [1.165, 1.54) is 7.11 Å². The summed E-state index contributed by atoms with van der Waals surface area (Å²) in [5.41, 5.74) is 0.971. The molecule has 20 heavy (non-hydrogen) atoms. The topological polar surface area (TPSA) is 44.1 Å². The van der Waals surface area contributed by atoms with Crippen LogP contribution in [-0.2, 0) is 0 Å². The Hall–Kier alpha value is -1.33. The summed E-state index contributed by atoms with van der Waals surface area (Å²) < 4.78 is 7.57. The molecule has 6 heteroatoms. The van der Waals surface area contributed by atoms with Crippen molar-refractivity contribution in [2.45, 2.75) is 19.9 Å². The minimum Gasteiger partial charge on any atom is -0.493 e. The molecule has 0 atom stereocenters. The van der Waals surface area contributed by atoms with Crippen molar-refractivity contribution in [3.63, 3.8) is 0 Å². The van der Waals surface area contributed by atoms with E-state index in [2.05, 4.69) is 21.0 Å². The Morgan fingerprint density at radius 1 is 1.45 bits per heavy atom. The van der Waals surface area contributed by atoms with Gasteiger partial charge in [0.1, 0.15) is 0 Å². The number of carbonyl (C=O) groups excluding carboxylic acids is 1. The Kier molecular flexibility index (Phi) is 4.50. The predicted octanol–water partition coefficient (Wildman–Crippen LogP) is 4.12. The van der Waals surface area contributed by atoms with E-state index in [1.54, 1.807) is 29.1 Å². The molecule has 0 aliphatic carbocycles. The first-order valence-corrected chi connectivity index (χ1v) is 7.24. The van der Waals surface area contributed by atoms with Crippen LogP contribution in [0.4, 0.5) is 0 Å². The number of ether oxygens (including phenoxy) is 1. The Morgan fingerprint density at radius 3 is 2.70 bits per heavy atom. The lowest BCUT2D eigenvalue weighted by molar-refractivity contribution is 0.102. The number of halogens is 2. The summed E-state index contributed by atoms with van der Waals surface area (Å²) in [4.78, 5) is 12.7. The average Bonchev–Trinajstić information content (AvgIpc) is 2.85. The van der Waals surface area contributed by atoms with Crippen molar-refractivity contribution >= 4 is 33.3 Å². The van der Waals surface area contributed by atoms with E-state index < -0.39 is 0 Å². The van der Waals surface area contributed by atoms with Gasteiger partial charge in [0.05, 0.1) is 18.3 Å². The van der Waals surface area contributed by atoms with Crippen molar-refractivity contribution in [2.24, 2.45) is 0 Å². The van der Waals surface area contributed by atoms with Gasteiger partial charge in [-0.15, -0.1) is 0 Å². The first kappa shape index (κ1) is 15.1. The highest BCUT2D eigenvalue weighted by molar-refractivity contribution is 9.10. The molecule has 2 rings (SSSR count). The fraction of sp³-hybridized carbons (Fsp3) is 0.286. The van der Waals surface area contributed by atoms with Crippen molar-refractivity contribution in [3.05, 3.63) is 45.1 Å². The first-order valence-electron chi connectivity index (χ1n) is 6.07. The van der Waals surface area contributed by atoms with Crippen molar-refractivity contribution in [1.82, 2.24) is 9.78 Å². The van der Waals surface area contributed by atoms with Crippen molar-refractivity contribution in [3.8, 4) is 5.75 Å². The summed E-state index contributed by atoms with van der Waals surface area (Å²) in [6.07, 6.45) is 1.55. The molecule has 0 saturated carbocycles. The number of hydrogen-bond acceptors (Lipinski definition) is 3. The number of nitrogens with zero attached hydrogens (tertiary/aromatic N) is 2. The third-order valence-corrected chi connectivity index (χ3v) is 4.08. The van der Waals surface area contributed by atoms with Gasteiger partial charge in [0, 0.05) is 16.1 Å². The van der Waals surface area contributed by atoms with E-state index in [-0.39, 0.29) is 11.8 Å². The average molecular weight is 358 g/mol. The van der Waals surface area contributed by atoms with Gasteiger partial charge < -0.3 is 4.74 Å². The lowest BCUT2D eigenvalue weighted by Crippen LogP contribution is -2.14. The maximum atomic E-state index is 12.7. The summed E-state index contributed by atoms with van der Waals surface area (Å²) in [6.45, 7) is 3.92. The Morgan fingerprint density at radius 2 is 2.15 bits per heavy atom. The largest absolute Gasteiger partial charge is 0.493 e. The molecule has 0 bridgehead atoms. The maximum absolute atomic E-state index is 12.7. The quantitative estimate of drug-likeness (QED) is 0.773. The van der Waals surface area contributed by atoms with E-state index in [0.717, 1.165) is 0 Å². The number of benzene rings is 1. The van der Waals surface area contributed by atoms with E-state index in [0.29, 0.717) is 26.5 Å². The van der Waals surface area contributed by atoms with Crippen molar-refractivity contribution in [1.29, 1.82) is 0 Å². The molecule has 1 aromatic heterocycles. The second-order valence-electron chi connectivity index (χ2n) is 4.56. The summed E-state index contributed by atoms with van der Waals surface area (Å²) in [7, 11) is 1.52. The Bertz CT molecular complexity index is 653. The summed E-state index contributed by atoms with van der Waals surface area (Å²) in [6, 6.07) is 5.13. The van der Waals surface area contributed by atoms with Crippen LogP contribution in [0.25, 0.3) is 0 Å².